The summed E-state index contributed by atoms with van der Waals surface area (Å²) < 4.78 is 2.08. The summed E-state index contributed by atoms with van der Waals surface area (Å²) in [7, 11) is 0. The molecule has 2 aromatic rings. The average Bonchev–Trinajstić information content (AvgIpc) is 3.04. The maximum Gasteiger partial charge on any atom is 0.109 e. The third-order valence-corrected chi connectivity index (χ3v) is 4.67. The van der Waals surface area contributed by atoms with Crippen LogP contribution in [0.5, 0.6) is 0 Å². The van der Waals surface area contributed by atoms with Gasteiger partial charge in [0.25, 0.3) is 0 Å². The van der Waals surface area contributed by atoms with Crippen LogP contribution in [0.15, 0.2) is 11.6 Å². The Morgan fingerprint density at radius 2 is 2.10 bits per heavy atom. The van der Waals surface area contributed by atoms with Gasteiger partial charge in [-0.15, -0.1) is 11.3 Å². The molecule has 0 saturated carbocycles. The Balaban J connectivity index is 2.19. The first-order valence-corrected chi connectivity index (χ1v) is 8.15. The van der Waals surface area contributed by atoms with Crippen molar-refractivity contribution in [1.82, 2.24) is 20.1 Å². The van der Waals surface area contributed by atoms with Crippen molar-refractivity contribution >= 4 is 11.3 Å². The number of rotatable bonds is 6. The van der Waals surface area contributed by atoms with E-state index in [0.717, 1.165) is 23.7 Å². The van der Waals surface area contributed by atoms with E-state index in [4.69, 9.17) is 0 Å². The predicted molar refractivity (Wildman–Crippen MR) is 84.1 cm³/mol. The number of nitrogens with one attached hydrogen (secondary N) is 1. The average molecular weight is 292 g/mol. The Kier molecular flexibility index (Phi) is 4.94. The second-order valence-corrected chi connectivity index (χ2v) is 6.05. The Morgan fingerprint density at radius 3 is 2.60 bits per heavy atom. The van der Waals surface area contributed by atoms with Gasteiger partial charge in [-0.25, -0.2) is 4.98 Å². The van der Waals surface area contributed by atoms with Crippen molar-refractivity contribution in [3.05, 3.63) is 33.5 Å². The molecule has 0 saturated heterocycles. The standard InChI is InChI=1S/C15H24N4S/c1-6-13(15-16-8-9-20-15)17-10(3)14-11(4)18-19(7-2)12(14)5/h8-10,13,17H,6-7H2,1-5H3. The van der Waals surface area contributed by atoms with Crippen molar-refractivity contribution in [2.24, 2.45) is 0 Å². The Labute approximate surface area is 125 Å². The van der Waals surface area contributed by atoms with Gasteiger partial charge in [0.2, 0.25) is 0 Å². The van der Waals surface area contributed by atoms with Crippen molar-refractivity contribution in [3.63, 3.8) is 0 Å². The van der Waals surface area contributed by atoms with E-state index in [-0.39, 0.29) is 6.04 Å². The fourth-order valence-electron chi connectivity index (χ4n) is 2.80. The predicted octanol–water partition coefficient (Wildman–Crippen LogP) is 3.78. The van der Waals surface area contributed by atoms with Gasteiger partial charge in [0.15, 0.2) is 0 Å². The van der Waals surface area contributed by atoms with E-state index in [0.29, 0.717) is 6.04 Å². The van der Waals surface area contributed by atoms with Crippen LogP contribution in [0.1, 0.15) is 61.2 Å². The van der Waals surface area contributed by atoms with Gasteiger partial charge in [-0.05, 0) is 34.1 Å². The number of hydrogen-bond acceptors (Lipinski definition) is 4. The quantitative estimate of drug-likeness (QED) is 0.881. The summed E-state index contributed by atoms with van der Waals surface area (Å²) >= 11 is 1.72. The Bertz CT molecular complexity index is 544. The number of thiazole rings is 1. The summed E-state index contributed by atoms with van der Waals surface area (Å²) in [6, 6.07) is 0.595. The van der Waals surface area contributed by atoms with Gasteiger partial charge in [-0.2, -0.15) is 5.10 Å². The van der Waals surface area contributed by atoms with E-state index in [9.17, 15) is 0 Å². The molecule has 0 amide bonds. The van der Waals surface area contributed by atoms with E-state index in [1.54, 1.807) is 11.3 Å². The molecular weight excluding hydrogens is 268 g/mol. The van der Waals surface area contributed by atoms with Gasteiger partial charge in [0, 0.05) is 35.4 Å². The van der Waals surface area contributed by atoms with Crippen LogP contribution in [0.2, 0.25) is 0 Å². The molecule has 1 N–H and O–H groups in total. The summed E-state index contributed by atoms with van der Waals surface area (Å²) in [6.45, 7) is 11.7. The molecule has 4 nitrogen and oxygen atoms in total. The molecule has 0 aliphatic carbocycles. The van der Waals surface area contributed by atoms with Gasteiger partial charge in [0.1, 0.15) is 5.01 Å². The van der Waals surface area contributed by atoms with E-state index >= 15 is 0 Å². The fraction of sp³-hybridized carbons (Fsp3) is 0.600. The van der Waals surface area contributed by atoms with Crippen LogP contribution < -0.4 is 5.32 Å². The van der Waals surface area contributed by atoms with E-state index in [1.165, 1.54) is 11.3 Å². The fourth-order valence-corrected chi connectivity index (χ4v) is 3.58. The Hall–Kier alpha value is -1.20. The van der Waals surface area contributed by atoms with Crippen molar-refractivity contribution in [2.75, 3.05) is 0 Å². The van der Waals surface area contributed by atoms with Crippen LogP contribution in [0.3, 0.4) is 0 Å². The minimum absolute atomic E-state index is 0.282. The molecule has 2 atom stereocenters. The lowest BCUT2D eigenvalue weighted by Crippen LogP contribution is -2.25. The van der Waals surface area contributed by atoms with Crippen LogP contribution in [-0.2, 0) is 6.54 Å². The molecule has 0 bridgehead atoms. The number of aryl methyl sites for hydroxylation is 2. The van der Waals surface area contributed by atoms with Crippen LogP contribution >= 0.6 is 11.3 Å². The highest BCUT2D eigenvalue weighted by molar-refractivity contribution is 7.09. The van der Waals surface area contributed by atoms with Crippen LogP contribution in [0, 0.1) is 13.8 Å². The molecule has 0 aliphatic heterocycles. The SMILES string of the molecule is CCC(NC(C)c1c(C)nn(CC)c1C)c1nccs1. The van der Waals surface area contributed by atoms with Crippen LogP contribution in [0.25, 0.3) is 0 Å². The third-order valence-electron chi connectivity index (χ3n) is 3.78. The van der Waals surface area contributed by atoms with E-state index in [2.05, 4.69) is 54.7 Å². The maximum absolute atomic E-state index is 4.61. The number of nitrogens with zero attached hydrogens (tertiary/aromatic N) is 3. The van der Waals surface area contributed by atoms with Gasteiger partial charge in [0.05, 0.1) is 11.7 Å². The molecule has 20 heavy (non-hydrogen) atoms. The highest BCUT2D eigenvalue weighted by Gasteiger charge is 2.21. The minimum Gasteiger partial charge on any atom is -0.301 e. The summed E-state index contributed by atoms with van der Waals surface area (Å²) in [4.78, 5) is 4.44. The van der Waals surface area contributed by atoms with Crippen LogP contribution in [-0.4, -0.2) is 14.8 Å². The zero-order valence-corrected chi connectivity index (χ0v) is 13.8. The smallest absolute Gasteiger partial charge is 0.109 e. The van der Waals surface area contributed by atoms with Crippen molar-refractivity contribution < 1.29 is 0 Å². The topological polar surface area (TPSA) is 42.7 Å². The van der Waals surface area contributed by atoms with E-state index in [1.807, 2.05) is 11.6 Å². The summed E-state index contributed by atoms with van der Waals surface area (Å²) in [5.74, 6) is 0. The second-order valence-electron chi connectivity index (χ2n) is 5.12. The lowest BCUT2D eigenvalue weighted by molar-refractivity contribution is 0.452. The van der Waals surface area contributed by atoms with Gasteiger partial charge >= 0.3 is 0 Å². The van der Waals surface area contributed by atoms with Crippen molar-refractivity contribution in [1.29, 1.82) is 0 Å². The van der Waals surface area contributed by atoms with E-state index < -0.39 is 0 Å². The zero-order chi connectivity index (χ0) is 14.7. The molecular formula is C15H24N4S. The van der Waals surface area contributed by atoms with Crippen molar-refractivity contribution in [2.45, 2.75) is 59.7 Å². The second kappa shape index (κ2) is 6.50. The normalized spacial score (nSPS) is 14.4. The van der Waals surface area contributed by atoms with Gasteiger partial charge < -0.3 is 5.32 Å². The monoisotopic (exact) mass is 292 g/mol. The number of aromatic nitrogens is 3. The molecule has 2 heterocycles. The van der Waals surface area contributed by atoms with Crippen molar-refractivity contribution in [3.8, 4) is 0 Å². The summed E-state index contributed by atoms with van der Waals surface area (Å²) in [5, 5.41) is 11.5. The summed E-state index contributed by atoms with van der Waals surface area (Å²) in [5.41, 5.74) is 3.71. The molecule has 2 aromatic heterocycles. The number of hydrogen-bond donors (Lipinski definition) is 1. The van der Waals surface area contributed by atoms with Gasteiger partial charge in [-0.1, -0.05) is 6.92 Å². The van der Waals surface area contributed by atoms with Crippen LogP contribution in [0.4, 0.5) is 0 Å². The molecule has 110 valence electrons. The minimum atomic E-state index is 0.282. The molecule has 0 aliphatic rings. The maximum atomic E-state index is 4.61. The molecule has 2 unspecified atom stereocenters. The molecule has 5 heteroatoms. The zero-order valence-electron chi connectivity index (χ0n) is 13.0. The lowest BCUT2D eigenvalue weighted by Gasteiger charge is -2.21. The summed E-state index contributed by atoms with van der Waals surface area (Å²) in [6.07, 6.45) is 2.92. The first-order valence-electron chi connectivity index (χ1n) is 7.27. The first-order chi connectivity index (χ1) is 9.58. The molecule has 0 radical (unpaired) electrons. The Morgan fingerprint density at radius 1 is 1.35 bits per heavy atom. The van der Waals surface area contributed by atoms with Gasteiger partial charge in [-0.3, -0.25) is 4.68 Å². The molecule has 0 fully saturated rings. The lowest BCUT2D eigenvalue weighted by atomic mass is 10.0. The third kappa shape index (κ3) is 2.94. The first kappa shape index (κ1) is 15.2. The molecule has 0 spiro atoms. The highest BCUT2D eigenvalue weighted by Crippen LogP contribution is 2.26. The molecule has 0 aromatic carbocycles. The molecule has 2 rings (SSSR count). The largest absolute Gasteiger partial charge is 0.301 e. The highest BCUT2D eigenvalue weighted by atomic mass is 32.1.